The Morgan fingerprint density at radius 1 is 1.75 bits per heavy atom. The van der Waals surface area contributed by atoms with Gasteiger partial charge in [-0.05, 0) is 15.9 Å². The molecule has 1 atom stereocenters. The second-order valence-corrected chi connectivity index (χ2v) is 5.85. The van der Waals surface area contributed by atoms with Crippen molar-refractivity contribution in [2.24, 2.45) is 0 Å². The third-order valence-electron chi connectivity index (χ3n) is 2.23. The van der Waals surface area contributed by atoms with E-state index in [0.717, 1.165) is 4.60 Å². The zero-order valence-electron chi connectivity index (χ0n) is 8.57. The highest BCUT2D eigenvalue weighted by Crippen LogP contribution is 2.28. The fraction of sp³-hybridized carbons (Fsp3) is 0.444. The van der Waals surface area contributed by atoms with Gasteiger partial charge in [0.2, 0.25) is 5.91 Å². The zero-order chi connectivity index (χ0) is 11.7. The average molecular weight is 304 g/mol. The number of aromatic amines is 1. The van der Waals surface area contributed by atoms with Gasteiger partial charge in [0.05, 0.1) is 0 Å². The van der Waals surface area contributed by atoms with E-state index in [9.17, 15) is 9.59 Å². The van der Waals surface area contributed by atoms with Gasteiger partial charge in [-0.3, -0.25) is 19.6 Å². The van der Waals surface area contributed by atoms with E-state index in [4.69, 9.17) is 0 Å². The summed E-state index contributed by atoms with van der Waals surface area (Å²) in [7, 11) is 0. The van der Waals surface area contributed by atoms with E-state index in [-0.39, 0.29) is 16.3 Å². The number of halogens is 1. The van der Waals surface area contributed by atoms with E-state index in [1.807, 2.05) is 0 Å². The number of hydrogen-bond acceptors (Lipinski definition) is 4. The Bertz CT molecular complexity index is 434. The van der Waals surface area contributed by atoms with Crippen LogP contribution in [0, 0.1) is 0 Å². The van der Waals surface area contributed by atoms with Crippen LogP contribution in [0.4, 0.5) is 5.82 Å². The van der Waals surface area contributed by atoms with Crippen LogP contribution in [0.2, 0.25) is 0 Å². The molecule has 0 bridgehead atoms. The van der Waals surface area contributed by atoms with Gasteiger partial charge in [-0.25, -0.2) is 0 Å². The maximum atomic E-state index is 11.7. The van der Waals surface area contributed by atoms with Crippen LogP contribution in [0.15, 0.2) is 10.7 Å². The second kappa shape index (κ2) is 4.58. The molecule has 16 heavy (non-hydrogen) atoms. The molecule has 2 heterocycles. The van der Waals surface area contributed by atoms with Crippen molar-refractivity contribution in [2.75, 3.05) is 11.4 Å². The number of carbonyl (C=O) groups excluding carboxylic acids is 2. The number of H-pyrrole nitrogens is 1. The predicted molar refractivity (Wildman–Crippen MR) is 65.3 cm³/mol. The first-order chi connectivity index (χ1) is 7.56. The molecule has 0 radical (unpaired) electrons. The number of thioether (sulfide) groups is 1. The van der Waals surface area contributed by atoms with Gasteiger partial charge in [0.15, 0.2) is 10.9 Å². The summed E-state index contributed by atoms with van der Waals surface area (Å²) in [6.07, 6.45) is 0.398. The number of aromatic nitrogens is 2. The molecule has 1 unspecified atom stereocenters. The van der Waals surface area contributed by atoms with Gasteiger partial charge in [0.1, 0.15) is 4.60 Å². The van der Waals surface area contributed by atoms with Crippen molar-refractivity contribution < 1.29 is 9.59 Å². The van der Waals surface area contributed by atoms with Crippen LogP contribution >= 0.6 is 27.7 Å². The van der Waals surface area contributed by atoms with Crippen LogP contribution < -0.4 is 4.90 Å². The first-order valence-corrected chi connectivity index (χ1v) is 6.42. The number of rotatable bonds is 2. The van der Waals surface area contributed by atoms with E-state index in [2.05, 4.69) is 26.1 Å². The summed E-state index contributed by atoms with van der Waals surface area (Å²) in [5.74, 6) is 0.612. The number of hydrogen-bond donors (Lipinski definition) is 1. The maximum Gasteiger partial charge on any atom is 0.229 e. The molecule has 86 valence electrons. The quantitative estimate of drug-likeness (QED) is 0.900. The largest absolute Gasteiger partial charge is 0.294 e. The van der Waals surface area contributed by atoms with Crippen molar-refractivity contribution in [3.63, 3.8) is 0 Å². The normalized spacial score (nSPS) is 20.5. The van der Waals surface area contributed by atoms with Crippen LogP contribution in [0.1, 0.15) is 13.3 Å². The van der Waals surface area contributed by atoms with Crippen molar-refractivity contribution in [3.8, 4) is 0 Å². The smallest absolute Gasteiger partial charge is 0.229 e. The molecule has 1 saturated heterocycles. The predicted octanol–water partition coefficient (Wildman–Crippen LogP) is 1.56. The van der Waals surface area contributed by atoms with Crippen LogP contribution in [-0.4, -0.2) is 33.0 Å². The Hall–Kier alpha value is -0.820. The topological polar surface area (TPSA) is 66.1 Å². The minimum absolute atomic E-state index is 0.0118. The van der Waals surface area contributed by atoms with Gasteiger partial charge in [0.25, 0.3) is 0 Å². The molecule has 5 nitrogen and oxygen atoms in total. The molecular formula is C9H10BrN3O2S. The maximum absolute atomic E-state index is 11.7. The van der Waals surface area contributed by atoms with E-state index >= 15 is 0 Å². The van der Waals surface area contributed by atoms with Crippen molar-refractivity contribution in [2.45, 2.75) is 18.6 Å². The Morgan fingerprint density at radius 3 is 3.06 bits per heavy atom. The summed E-state index contributed by atoms with van der Waals surface area (Å²) < 4.78 is 0.734. The van der Waals surface area contributed by atoms with Gasteiger partial charge in [0, 0.05) is 31.2 Å². The molecule has 7 heteroatoms. The number of anilines is 1. The van der Waals surface area contributed by atoms with Crippen molar-refractivity contribution in [1.29, 1.82) is 0 Å². The number of amides is 1. The Labute approximate surface area is 105 Å². The molecule has 0 spiro atoms. The van der Waals surface area contributed by atoms with Crippen molar-refractivity contribution in [1.82, 2.24) is 10.2 Å². The molecule has 1 aromatic heterocycles. The highest BCUT2D eigenvalue weighted by Gasteiger charge is 2.32. The zero-order valence-corrected chi connectivity index (χ0v) is 11.0. The molecule has 2 rings (SSSR count). The second-order valence-electron chi connectivity index (χ2n) is 3.51. The fourth-order valence-electron chi connectivity index (χ4n) is 1.64. The summed E-state index contributed by atoms with van der Waals surface area (Å²) in [6, 6.07) is 1.75. The molecular weight excluding hydrogens is 294 g/mol. The lowest BCUT2D eigenvalue weighted by atomic mass is 10.4. The third kappa shape index (κ3) is 2.46. The van der Waals surface area contributed by atoms with E-state index in [0.29, 0.717) is 18.8 Å². The molecule has 1 amide bonds. The lowest BCUT2D eigenvalue weighted by Gasteiger charge is -2.11. The van der Waals surface area contributed by atoms with Gasteiger partial charge in [-0.2, -0.15) is 5.10 Å². The first-order valence-electron chi connectivity index (χ1n) is 4.75. The lowest BCUT2D eigenvalue weighted by Crippen LogP contribution is -2.25. The Kier molecular flexibility index (Phi) is 3.34. The molecule has 1 aliphatic heterocycles. The van der Waals surface area contributed by atoms with Crippen LogP contribution in [0.5, 0.6) is 0 Å². The molecule has 0 saturated carbocycles. The Balaban J connectivity index is 2.08. The van der Waals surface area contributed by atoms with Crippen LogP contribution in [-0.2, 0) is 9.59 Å². The lowest BCUT2D eigenvalue weighted by molar-refractivity contribution is -0.117. The van der Waals surface area contributed by atoms with Crippen molar-refractivity contribution >= 4 is 44.5 Å². The SMILES string of the molecule is CC(=O)SC1CC(=O)N(c2cc(Br)[nH]n2)C1. The van der Waals surface area contributed by atoms with Gasteiger partial charge >= 0.3 is 0 Å². The number of carbonyl (C=O) groups is 2. The summed E-state index contributed by atoms with van der Waals surface area (Å²) >= 11 is 4.46. The highest BCUT2D eigenvalue weighted by atomic mass is 79.9. The van der Waals surface area contributed by atoms with Crippen LogP contribution in [0.3, 0.4) is 0 Å². The summed E-state index contributed by atoms with van der Waals surface area (Å²) in [5, 5.41) is 6.81. The average Bonchev–Trinajstić information content (AvgIpc) is 2.72. The minimum atomic E-state index is 0.0118. The fourth-order valence-corrected chi connectivity index (χ4v) is 2.85. The van der Waals surface area contributed by atoms with Crippen molar-refractivity contribution in [3.05, 3.63) is 10.7 Å². The monoisotopic (exact) mass is 303 g/mol. The van der Waals surface area contributed by atoms with Gasteiger partial charge in [-0.15, -0.1) is 0 Å². The molecule has 0 aromatic carbocycles. The first kappa shape index (κ1) is 11.7. The molecule has 1 aromatic rings. The summed E-state index contributed by atoms with van der Waals surface area (Å²) in [5.41, 5.74) is 0. The van der Waals surface area contributed by atoms with Gasteiger partial charge in [-0.1, -0.05) is 11.8 Å². The highest BCUT2D eigenvalue weighted by molar-refractivity contribution is 9.10. The van der Waals surface area contributed by atoms with E-state index < -0.39 is 0 Å². The molecule has 1 aliphatic rings. The van der Waals surface area contributed by atoms with E-state index in [1.165, 1.54) is 18.7 Å². The van der Waals surface area contributed by atoms with E-state index in [1.54, 1.807) is 11.0 Å². The Morgan fingerprint density at radius 2 is 2.50 bits per heavy atom. The third-order valence-corrected chi connectivity index (χ3v) is 3.62. The minimum Gasteiger partial charge on any atom is -0.294 e. The number of nitrogens with one attached hydrogen (secondary N) is 1. The molecule has 0 aliphatic carbocycles. The number of nitrogens with zero attached hydrogens (tertiary/aromatic N) is 2. The molecule has 1 N–H and O–H groups in total. The molecule has 1 fully saturated rings. The van der Waals surface area contributed by atoms with Crippen LogP contribution in [0.25, 0.3) is 0 Å². The summed E-state index contributed by atoms with van der Waals surface area (Å²) in [4.78, 5) is 24.3. The standard InChI is InChI=1S/C9H10BrN3O2S/c1-5(14)16-6-2-9(15)13(4-6)8-3-7(10)11-12-8/h3,6H,2,4H2,1H3,(H,11,12). The summed E-state index contributed by atoms with van der Waals surface area (Å²) in [6.45, 7) is 2.06. The van der Waals surface area contributed by atoms with Gasteiger partial charge < -0.3 is 0 Å².